The molecule has 0 aromatic rings. The molecule has 0 saturated carbocycles. The number of hydrogen-bond acceptors (Lipinski definition) is 3. The number of hydrazone groups is 1. The van der Waals surface area contributed by atoms with Crippen LogP contribution in [0.1, 0.15) is 20.3 Å². The van der Waals surface area contributed by atoms with E-state index in [1.165, 1.54) is 0 Å². The first-order valence-corrected chi connectivity index (χ1v) is 4.09. The smallest absolute Gasteiger partial charge is 0.427 e. The standard InChI is InChI=1S/C8H16N2O3/c1-7(2)9-10(8(11)12)5-4-6-13-3/h4-6H2,1-3H3,(H,11,12). The van der Waals surface area contributed by atoms with E-state index in [2.05, 4.69) is 5.10 Å². The van der Waals surface area contributed by atoms with Gasteiger partial charge in [-0.15, -0.1) is 0 Å². The molecule has 13 heavy (non-hydrogen) atoms. The number of amides is 1. The lowest BCUT2D eigenvalue weighted by Crippen LogP contribution is -2.26. The Hall–Kier alpha value is -1.10. The second-order valence-corrected chi connectivity index (χ2v) is 2.80. The summed E-state index contributed by atoms with van der Waals surface area (Å²) in [6.07, 6.45) is -0.378. The summed E-state index contributed by atoms with van der Waals surface area (Å²) >= 11 is 0. The Balaban J connectivity index is 3.96. The van der Waals surface area contributed by atoms with E-state index in [1.807, 2.05) is 0 Å². The molecule has 1 N–H and O–H groups in total. The molecule has 0 aliphatic rings. The van der Waals surface area contributed by atoms with Gasteiger partial charge in [0.05, 0.1) is 6.54 Å². The molecule has 0 saturated heterocycles. The number of carboxylic acid groups (broad SMARTS) is 1. The van der Waals surface area contributed by atoms with Gasteiger partial charge < -0.3 is 9.84 Å². The molecule has 0 radical (unpaired) electrons. The molecule has 0 unspecified atom stereocenters. The molecule has 5 heteroatoms. The number of nitrogens with zero attached hydrogens (tertiary/aromatic N) is 2. The van der Waals surface area contributed by atoms with Crippen LogP contribution in [0.5, 0.6) is 0 Å². The van der Waals surface area contributed by atoms with Crippen LogP contribution in [0.4, 0.5) is 4.79 Å². The van der Waals surface area contributed by atoms with E-state index >= 15 is 0 Å². The summed E-state index contributed by atoms with van der Waals surface area (Å²) in [5.41, 5.74) is 0.722. The zero-order chi connectivity index (χ0) is 10.3. The summed E-state index contributed by atoms with van der Waals surface area (Å²) in [5.74, 6) is 0. The summed E-state index contributed by atoms with van der Waals surface area (Å²) in [6, 6.07) is 0. The molecule has 0 aromatic heterocycles. The Labute approximate surface area is 78.0 Å². The SMILES string of the molecule is COCCCN(N=C(C)C)C(=O)O. The van der Waals surface area contributed by atoms with E-state index in [1.54, 1.807) is 21.0 Å². The molecule has 0 atom stereocenters. The molecular weight excluding hydrogens is 172 g/mol. The number of methoxy groups -OCH3 is 1. The van der Waals surface area contributed by atoms with Crippen molar-refractivity contribution >= 4 is 11.8 Å². The van der Waals surface area contributed by atoms with E-state index in [0.29, 0.717) is 19.6 Å². The summed E-state index contributed by atoms with van der Waals surface area (Å²) in [5, 5.41) is 13.6. The highest BCUT2D eigenvalue weighted by molar-refractivity contribution is 5.80. The van der Waals surface area contributed by atoms with Gasteiger partial charge in [-0.05, 0) is 20.3 Å². The summed E-state index contributed by atoms with van der Waals surface area (Å²) in [6.45, 7) is 4.43. The molecule has 1 amide bonds. The van der Waals surface area contributed by atoms with Crippen molar-refractivity contribution in [3.05, 3.63) is 0 Å². The molecule has 0 aromatic carbocycles. The fourth-order valence-electron chi connectivity index (χ4n) is 0.788. The van der Waals surface area contributed by atoms with Gasteiger partial charge in [0.2, 0.25) is 0 Å². The van der Waals surface area contributed by atoms with Crippen LogP contribution >= 0.6 is 0 Å². The average Bonchev–Trinajstić information content (AvgIpc) is 2.02. The van der Waals surface area contributed by atoms with E-state index in [-0.39, 0.29) is 0 Å². The molecule has 0 spiro atoms. The fraction of sp³-hybridized carbons (Fsp3) is 0.750. The normalized spacial score (nSPS) is 9.46. The highest BCUT2D eigenvalue weighted by Gasteiger charge is 2.08. The fourth-order valence-corrected chi connectivity index (χ4v) is 0.788. The average molecular weight is 188 g/mol. The van der Waals surface area contributed by atoms with Crippen molar-refractivity contribution in [3.63, 3.8) is 0 Å². The minimum Gasteiger partial charge on any atom is -0.464 e. The Bertz CT molecular complexity index is 188. The van der Waals surface area contributed by atoms with Crippen molar-refractivity contribution < 1.29 is 14.6 Å². The Morgan fingerprint density at radius 1 is 1.54 bits per heavy atom. The predicted octanol–water partition coefficient (Wildman–Crippen LogP) is 1.40. The van der Waals surface area contributed by atoms with Gasteiger partial charge in [-0.3, -0.25) is 0 Å². The van der Waals surface area contributed by atoms with Crippen molar-refractivity contribution in [3.8, 4) is 0 Å². The number of hydrogen-bond donors (Lipinski definition) is 1. The molecule has 0 fully saturated rings. The first-order valence-electron chi connectivity index (χ1n) is 4.09. The van der Waals surface area contributed by atoms with Crippen LogP contribution in [-0.4, -0.2) is 42.2 Å². The lowest BCUT2D eigenvalue weighted by atomic mass is 10.4. The third-order valence-electron chi connectivity index (χ3n) is 1.26. The third kappa shape index (κ3) is 6.10. The van der Waals surface area contributed by atoms with Crippen molar-refractivity contribution in [1.82, 2.24) is 5.01 Å². The number of ether oxygens (including phenoxy) is 1. The van der Waals surface area contributed by atoms with Crippen LogP contribution < -0.4 is 0 Å². The molecule has 0 aliphatic heterocycles. The number of rotatable bonds is 5. The van der Waals surface area contributed by atoms with Crippen molar-refractivity contribution in [2.75, 3.05) is 20.3 Å². The highest BCUT2D eigenvalue weighted by Crippen LogP contribution is 1.95. The largest absolute Gasteiger partial charge is 0.464 e. The van der Waals surface area contributed by atoms with Gasteiger partial charge in [0.25, 0.3) is 0 Å². The minimum absolute atomic E-state index is 0.369. The molecule has 0 heterocycles. The molecular formula is C8H16N2O3. The van der Waals surface area contributed by atoms with Gasteiger partial charge in [-0.2, -0.15) is 10.1 Å². The molecule has 76 valence electrons. The topological polar surface area (TPSA) is 62.1 Å². The monoisotopic (exact) mass is 188 g/mol. The van der Waals surface area contributed by atoms with E-state index in [9.17, 15) is 4.79 Å². The zero-order valence-corrected chi connectivity index (χ0v) is 8.28. The van der Waals surface area contributed by atoms with Crippen molar-refractivity contribution in [1.29, 1.82) is 0 Å². The van der Waals surface area contributed by atoms with E-state index < -0.39 is 6.09 Å². The zero-order valence-electron chi connectivity index (χ0n) is 8.28. The van der Waals surface area contributed by atoms with Crippen molar-refractivity contribution in [2.24, 2.45) is 5.10 Å². The Morgan fingerprint density at radius 2 is 2.15 bits per heavy atom. The Kier molecular flexibility index (Phi) is 5.88. The summed E-state index contributed by atoms with van der Waals surface area (Å²) in [7, 11) is 1.58. The van der Waals surface area contributed by atoms with E-state index in [0.717, 1.165) is 10.7 Å². The first kappa shape index (κ1) is 11.9. The quantitative estimate of drug-likeness (QED) is 0.403. The van der Waals surface area contributed by atoms with Gasteiger partial charge >= 0.3 is 6.09 Å². The van der Waals surface area contributed by atoms with Crippen molar-refractivity contribution in [2.45, 2.75) is 20.3 Å². The van der Waals surface area contributed by atoms with Gasteiger partial charge in [-0.1, -0.05) is 0 Å². The molecule has 0 aliphatic carbocycles. The van der Waals surface area contributed by atoms with Gasteiger partial charge in [0.15, 0.2) is 0 Å². The maximum atomic E-state index is 10.6. The maximum absolute atomic E-state index is 10.6. The van der Waals surface area contributed by atoms with Crippen LogP contribution in [0.15, 0.2) is 5.10 Å². The molecule has 5 nitrogen and oxygen atoms in total. The second-order valence-electron chi connectivity index (χ2n) is 2.80. The number of carbonyl (C=O) groups is 1. The van der Waals surface area contributed by atoms with Crippen LogP contribution in [0, 0.1) is 0 Å². The van der Waals surface area contributed by atoms with E-state index in [4.69, 9.17) is 9.84 Å². The third-order valence-corrected chi connectivity index (χ3v) is 1.26. The van der Waals surface area contributed by atoms with Crippen LogP contribution in [0.2, 0.25) is 0 Å². The van der Waals surface area contributed by atoms with Crippen LogP contribution in [0.25, 0.3) is 0 Å². The minimum atomic E-state index is -1.03. The molecule has 0 rings (SSSR count). The van der Waals surface area contributed by atoms with Crippen LogP contribution in [0.3, 0.4) is 0 Å². The lowest BCUT2D eigenvalue weighted by Gasteiger charge is -2.13. The maximum Gasteiger partial charge on any atom is 0.427 e. The molecule has 0 bridgehead atoms. The highest BCUT2D eigenvalue weighted by atomic mass is 16.5. The predicted molar refractivity (Wildman–Crippen MR) is 50.0 cm³/mol. The Morgan fingerprint density at radius 3 is 2.54 bits per heavy atom. The first-order chi connectivity index (χ1) is 6.07. The van der Waals surface area contributed by atoms with Gasteiger partial charge in [-0.25, -0.2) is 4.79 Å². The van der Waals surface area contributed by atoms with Gasteiger partial charge in [0.1, 0.15) is 0 Å². The second kappa shape index (κ2) is 6.42. The summed E-state index contributed by atoms with van der Waals surface area (Å²) < 4.78 is 4.81. The van der Waals surface area contributed by atoms with Gasteiger partial charge in [0, 0.05) is 19.4 Å². The van der Waals surface area contributed by atoms with Crippen LogP contribution in [-0.2, 0) is 4.74 Å². The lowest BCUT2D eigenvalue weighted by molar-refractivity contribution is 0.135. The summed E-state index contributed by atoms with van der Waals surface area (Å²) in [4.78, 5) is 10.6.